The van der Waals surface area contributed by atoms with Gasteiger partial charge in [0.1, 0.15) is 5.75 Å². The van der Waals surface area contributed by atoms with Crippen molar-refractivity contribution in [2.75, 3.05) is 14.2 Å². The molecule has 2 rings (SSSR count). The number of aromatic nitrogens is 3. The predicted molar refractivity (Wildman–Crippen MR) is 71.9 cm³/mol. The molecule has 0 N–H and O–H groups in total. The highest BCUT2D eigenvalue weighted by molar-refractivity contribution is 9.10. The van der Waals surface area contributed by atoms with Gasteiger partial charge in [-0.05, 0) is 30.7 Å². The first kappa shape index (κ1) is 13.5. The third kappa shape index (κ3) is 3.31. The lowest BCUT2D eigenvalue weighted by molar-refractivity contribution is 0.320. The number of halogens is 1. The zero-order valence-corrected chi connectivity index (χ0v) is 12.3. The van der Waals surface area contributed by atoms with Gasteiger partial charge in [0.25, 0.3) is 0 Å². The predicted octanol–water partition coefficient (Wildman–Crippen LogP) is 2.75. The highest BCUT2D eigenvalue weighted by Crippen LogP contribution is 2.25. The van der Waals surface area contributed by atoms with E-state index in [4.69, 9.17) is 14.2 Å². The van der Waals surface area contributed by atoms with Crippen LogP contribution >= 0.6 is 15.9 Å². The van der Waals surface area contributed by atoms with E-state index in [-0.39, 0.29) is 18.0 Å². The molecule has 19 heavy (non-hydrogen) atoms. The second-order valence-electron chi connectivity index (χ2n) is 3.60. The van der Waals surface area contributed by atoms with Crippen LogP contribution in [-0.2, 0) is 0 Å². The minimum absolute atomic E-state index is 0.116. The molecule has 1 aromatic carbocycles. The van der Waals surface area contributed by atoms with E-state index < -0.39 is 0 Å². The number of aryl methyl sites for hydroxylation is 1. The molecule has 7 heteroatoms. The molecule has 0 bridgehead atoms. The van der Waals surface area contributed by atoms with Crippen LogP contribution < -0.4 is 14.2 Å². The van der Waals surface area contributed by atoms with Crippen LogP contribution in [0.25, 0.3) is 0 Å². The van der Waals surface area contributed by atoms with E-state index in [0.717, 1.165) is 10.0 Å². The minimum Gasteiger partial charge on any atom is -0.467 e. The van der Waals surface area contributed by atoms with Crippen molar-refractivity contribution in [1.82, 2.24) is 15.0 Å². The Hall–Kier alpha value is -1.89. The Bertz CT molecular complexity index is 570. The zero-order chi connectivity index (χ0) is 13.8. The third-order valence-electron chi connectivity index (χ3n) is 2.28. The van der Waals surface area contributed by atoms with E-state index in [2.05, 4.69) is 30.9 Å². The fourth-order valence-electron chi connectivity index (χ4n) is 1.33. The summed E-state index contributed by atoms with van der Waals surface area (Å²) in [5, 5.41) is 0. The zero-order valence-electron chi connectivity index (χ0n) is 10.7. The Balaban J connectivity index is 2.29. The molecule has 0 spiro atoms. The van der Waals surface area contributed by atoms with Crippen LogP contribution in [0.2, 0.25) is 0 Å². The first-order valence-electron chi connectivity index (χ1n) is 5.40. The molecule has 6 nitrogen and oxygen atoms in total. The molecule has 0 fully saturated rings. The molecule has 1 aromatic heterocycles. The summed E-state index contributed by atoms with van der Waals surface area (Å²) in [6.07, 6.45) is 0. The van der Waals surface area contributed by atoms with Gasteiger partial charge < -0.3 is 14.2 Å². The largest absolute Gasteiger partial charge is 0.467 e. The summed E-state index contributed by atoms with van der Waals surface area (Å²) < 4.78 is 16.5. The first-order chi connectivity index (χ1) is 9.12. The SMILES string of the molecule is COc1nc(OC)nc(Oc2ccc(Br)c(C)c2)n1. The Morgan fingerprint density at radius 2 is 1.53 bits per heavy atom. The highest BCUT2D eigenvalue weighted by atomic mass is 79.9. The second-order valence-corrected chi connectivity index (χ2v) is 4.46. The summed E-state index contributed by atoms with van der Waals surface area (Å²) in [6, 6.07) is 5.95. The average Bonchev–Trinajstić information content (AvgIpc) is 2.42. The Morgan fingerprint density at radius 3 is 2.05 bits per heavy atom. The first-order valence-corrected chi connectivity index (χ1v) is 6.19. The van der Waals surface area contributed by atoms with Crippen molar-refractivity contribution < 1.29 is 14.2 Å². The van der Waals surface area contributed by atoms with Gasteiger partial charge in [0.2, 0.25) is 0 Å². The van der Waals surface area contributed by atoms with Crippen molar-refractivity contribution in [3.63, 3.8) is 0 Å². The molecule has 0 unspecified atom stereocenters. The molecule has 0 saturated heterocycles. The molecule has 100 valence electrons. The Morgan fingerprint density at radius 1 is 0.947 bits per heavy atom. The van der Waals surface area contributed by atoms with Gasteiger partial charge in [0.15, 0.2) is 0 Å². The van der Waals surface area contributed by atoms with Crippen molar-refractivity contribution >= 4 is 15.9 Å². The number of rotatable bonds is 4. The van der Waals surface area contributed by atoms with E-state index in [1.165, 1.54) is 14.2 Å². The average molecular weight is 326 g/mol. The smallest absolute Gasteiger partial charge is 0.331 e. The summed E-state index contributed by atoms with van der Waals surface area (Å²) in [5.41, 5.74) is 1.05. The molecule has 0 aliphatic carbocycles. The van der Waals surface area contributed by atoms with Crippen LogP contribution in [0, 0.1) is 6.92 Å². The van der Waals surface area contributed by atoms with Crippen LogP contribution in [-0.4, -0.2) is 29.2 Å². The number of nitrogens with zero attached hydrogens (tertiary/aromatic N) is 3. The summed E-state index contributed by atoms with van der Waals surface area (Å²) in [7, 11) is 2.92. The van der Waals surface area contributed by atoms with Crippen LogP contribution in [0.5, 0.6) is 23.8 Å². The van der Waals surface area contributed by atoms with E-state index in [9.17, 15) is 0 Å². The van der Waals surface area contributed by atoms with E-state index >= 15 is 0 Å². The fourth-order valence-corrected chi connectivity index (χ4v) is 1.58. The van der Waals surface area contributed by atoms with Crippen LogP contribution in [0.3, 0.4) is 0 Å². The number of ether oxygens (including phenoxy) is 3. The maximum atomic E-state index is 5.56. The lowest BCUT2D eigenvalue weighted by Crippen LogP contribution is -2.01. The highest BCUT2D eigenvalue weighted by Gasteiger charge is 2.09. The molecule has 0 aliphatic heterocycles. The number of hydrogen-bond donors (Lipinski definition) is 0. The van der Waals surface area contributed by atoms with Gasteiger partial charge in [-0.1, -0.05) is 15.9 Å². The van der Waals surface area contributed by atoms with Crippen molar-refractivity contribution in [3.8, 4) is 23.8 Å². The maximum absolute atomic E-state index is 5.56. The molecular weight excluding hydrogens is 314 g/mol. The van der Waals surface area contributed by atoms with Gasteiger partial charge in [0, 0.05) is 4.47 Å². The van der Waals surface area contributed by atoms with Gasteiger partial charge in [-0.3, -0.25) is 0 Å². The number of hydrogen-bond acceptors (Lipinski definition) is 6. The maximum Gasteiger partial charge on any atom is 0.331 e. The normalized spacial score (nSPS) is 10.1. The molecular formula is C12H12BrN3O3. The van der Waals surface area contributed by atoms with E-state index in [1.54, 1.807) is 6.07 Å². The number of benzene rings is 1. The van der Waals surface area contributed by atoms with Crippen molar-refractivity contribution in [3.05, 3.63) is 28.2 Å². The molecule has 0 radical (unpaired) electrons. The monoisotopic (exact) mass is 325 g/mol. The molecule has 0 aliphatic rings. The van der Waals surface area contributed by atoms with Gasteiger partial charge in [-0.25, -0.2) is 0 Å². The van der Waals surface area contributed by atoms with Gasteiger partial charge in [-0.2, -0.15) is 0 Å². The summed E-state index contributed by atoms with van der Waals surface area (Å²) in [6.45, 7) is 1.96. The van der Waals surface area contributed by atoms with E-state index in [1.807, 2.05) is 19.1 Å². The van der Waals surface area contributed by atoms with Gasteiger partial charge >= 0.3 is 18.0 Å². The van der Waals surface area contributed by atoms with E-state index in [0.29, 0.717) is 5.75 Å². The Kier molecular flexibility index (Phi) is 4.16. The quantitative estimate of drug-likeness (QED) is 0.861. The molecule has 0 amide bonds. The molecule has 2 aromatic rings. The third-order valence-corrected chi connectivity index (χ3v) is 3.17. The lowest BCUT2D eigenvalue weighted by atomic mass is 10.2. The fraction of sp³-hybridized carbons (Fsp3) is 0.250. The van der Waals surface area contributed by atoms with Gasteiger partial charge in [0.05, 0.1) is 14.2 Å². The van der Waals surface area contributed by atoms with Crippen LogP contribution in [0.4, 0.5) is 0 Å². The molecule has 1 heterocycles. The number of methoxy groups -OCH3 is 2. The molecule has 0 saturated carbocycles. The summed E-state index contributed by atoms with van der Waals surface area (Å²) in [5.74, 6) is 0.621. The summed E-state index contributed by atoms with van der Waals surface area (Å²) in [4.78, 5) is 11.9. The Labute approximate surface area is 118 Å². The topological polar surface area (TPSA) is 66.4 Å². The summed E-state index contributed by atoms with van der Waals surface area (Å²) >= 11 is 3.42. The minimum atomic E-state index is 0.116. The van der Waals surface area contributed by atoms with Crippen molar-refractivity contribution in [2.24, 2.45) is 0 Å². The molecule has 0 atom stereocenters. The van der Waals surface area contributed by atoms with Crippen molar-refractivity contribution in [1.29, 1.82) is 0 Å². The van der Waals surface area contributed by atoms with Crippen LogP contribution in [0.1, 0.15) is 5.56 Å². The standard InChI is InChI=1S/C12H12BrN3O3/c1-7-6-8(4-5-9(7)13)19-12-15-10(17-2)14-11(16-12)18-3/h4-6H,1-3H3. The van der Waals surface area contributed by atoms with Crippen LogP contribution in [0.15, 0.2) is 22.7 Å². The van der Waals surface area contributed by atoms with Crippen molar-refractivity contribution in [2.45, 2.75) is 6.92 Å². The van der Waals surface area contributed by atoms with Gasteiger partial charge in [-0.15, -0.1) is 15.0 Å². The second kappa shape index (κ2) is 5.83. The lowest BCUT2D eigenvalue weighted by Gasteiger charge is -2.07.